The molecule has 1 aliphatic rings. The van der Waals surface area contributed by atoms with Crippen molar-refractivity contribution in [1.29, 1.82) is 0 Å². The Morgan fingerprint density at radius 1 is 1.40 bits per heavy atom. The fourth-order valence-corrected chi connectivity index (χ4v) is 4.00. The number of likely N-dealkylation sites (N-methyl/N-ethyl adjacent to an activating group) is 1. The van der Waals surface area contributed by atoms with Crippen molar-refractivity contribution in [2.24, 2.45) is 0 Å². The van der Waals surface area contributed by atoms with E-state index in [1.165, 1.54) is 30.8 Å². The average molecular weight is 290 g/mol. The van der Waals surface area contributed by atoms with E-state index in [9.17, 15) is 0 Å². The van der Waals surface area contributed by atoms with Crippen molar-refractivity contribution in [1.82, 2.24) is 19.4 Å². The summed E-state index contributed by atoms with van der Waals surface area (Å²) in [7, 11) is 4.23. The molecule has 0 aromatic carbocycles. The summed E-state index contributed by atoms with van der Waals surface area (Å²) >= 11 is 2.06. The van der Waals surface area contributed by atoms with Crippen LogP contribution in [0.5, 0.6) is 0 Å². The molecule has 0 radical (unpaired) electrons. The monoisotopic (exact) mass is 290 g/mol. The predicted molar refractivity (Wildman–Crippen MR) is 85.1 cm³/mol. The number of hydrogen-bond acceptors (Lipinski definition) is 4. The summed E-state index contributed by atoms with van der Waals surface area (Å²) in [6, 6.07) is 4.05. The quantitative estimate of drug-likeness (QED) is 0.867. The van der Waals surface area contributed by atoms with E-state index in [-0.39, 0.29) is 0 Å². The Balaban J connectivity index is 1.97. The van der Waals surface area contributed by atoms with Gasteiger partial charge in [0, 0.05) is 19.3 Å². The van der Waals surface area contributed by atoms with Crippen molar-refractivity contribution in [3.8, 4) is 0 Å². The third-order valence-electron chi connectivity index (χ3n) is 3.77. The standard InChI is InChI=1S/C15H22N4S/c1-18(2)9-10-19-14-12(6-5-8-16-14)17-15(19)13-7-3-4-11-20-13/h5-6,8,13H,3-4,7,9-11H2,1-2H3. The lowest BCUT2D eigenvalue weighted by molar-refractivity contribution is 0.382. The lowest BCUT2D eigenvalue weighted by Crippen LogP contribution is -2.20. The molecule has 20 heavy (non-hydrogen) atoms. The number of fused-ring (bicyclic) bond motifs is 1. The van der Waals surface area contributed by atoms with Gasteiger partial charge in [0.25, 0.3) is 0 Å². The summed E-state index contributed by atoms with van der Waals surface area (Å²) in [6.45, 7) is 1.99. The summed E-state index contributed by atoms with van der Waals surface area (Å²) in [5, 5.41) is 0.542. The number of pyridine rings is 1. The molecule has 5 heteroatoms. The molecule has 2 aromatic heterocycles. The first-order valence-corrected chi connectivity index (χ1v) is 8.38. The molecule has 0 bridgehead atoms. The second-order valence-corrected chi connectivity index (χ2v) is 6.94. The highest BCUT2D eigenvalue weighted by molar-refractivity contribution is 7.99. The maximum absolute atomic E-state index is 4.88. The van der Waals surface area contributed by atoms with Crippen LogP contribution in [-0.4, -0.2) is 45.8 Å². The highest BCUT2D eigenvalue weighted by Gasteiger charge is 2.23. The Morgan fingerprint density at radius 2 is 2.30 bits per heavy atom. The van der Waals surface area contributed by atoms with Gasteiger partial charge < -0.3 is 9.47 Å². The number of imidazole rings is 1. The van der Waals surface area contributed by atoms with Crippen molar-refractivity contribution in [3.05, 3.63) is 24.2 Å². The van der Waals surface area contributed by atoms with Gasteiger partial charge in [-0.2, -0.15) is 11.8 Å². The first-order valence-electron chi connectivity index (χ1n) is 7.33. The van der Waals surface area contributed by atoms with Gasteiger partial charge in [-0.05, 0) is 44.8 Å². The molecule has 1 unspecified atom stereocenters. The molecule has 1 aliphatic heterocycles. The van der Waals surface area contributed by atoms with Crippen LogP contribution in [0.25, 0.3) is 11.2 Å². The zero-order valence-corrected chi connectivity index (χ0v) is 13.1. The molecular formula is C15H22N4S. The lowest BCUT2D eigenvalue weighted by atomic mass is 10.2. The summed E-state index contributed by atoms with van der Waals surface area (Å²) in [5.41, 5.74) is 2.07. The average Bonchev–Trinajstić information content (AvgIpc) is 2.84. The fourth-order valence-electron chi connectivity index (χ4n) is 2.69. The van der Waals surface area contributed by atoms with Gasteiger partial charge in [0.2, 0.25) is 0 Å². The van der Waals surface area contributed by atoms with Crippen LogP contribution in [0.2, 0.25) is 0 Å². The SMILES string of the molecule is CN(C)CCn1c(C2CCCCS2)nc2cccnc21. The molecule has 0 N–H and O–H groups in total. The van der Waals surface area contributed by atoms with Crippen molar-refractivity contribution in [2.45, 2.75) is 31.1 Å². The Kier molecular flexibility index (Phi) is 4.27. The zero-order valence-electron chi connectivity index (χ0n) is 12.2. The fraction of sp³-hybridized carbons (Fsp3) is 0.600. The maximum Gasteiger partial charge on any atom is 0.160 e. The van der Waals surface area contributed by atoms with Gasteiger partial charge in [-0.3, -0.25) is 0 Å². The Morgan fingerprint density at radius 3 is 3.05 bits per heavy atom. The van der Waals surface area contributed by atoms with Crippen molar-refractivity contribution >= 4 is 22.9 Å². The Bertz CT molecular complexity index is 572. The van der Waals surface area contributed by atoms with Crippen LogP contribution in [0.4, 0.5) is 0 Å². The number of rotatable bonds is 4. The minimum absolute atomic E-state index is 0.542. The van der Waals surface area contributed by atoms with Gasteiger partial charge in [-0.25, -0.2) is 9.97 Å². The van der Waals surface area contributed by atoms with Crippen molar-refractivity contribution in [2.75, 3.05) is 26.4 Å². The second kappa shape index (κ2) is 6.14. The summed E-state index contributed by atoms with van der Waals surface area (Å²) in [6.07, 6.45) is 5.78. The molecule has 3 rings (SSSR count). The van der Waals surface area contributed by atoms with Crippen LogP contribution < -0.4 is 0 Å². The highest BCUT2D eigenvalue weighted by atomic mass is 32.2. The molecule has 3 heterocycles. The molecule has 4 nitrogen and oxygen atoms in total. The molecule has 1 saturated heterocycles. The van der Waals surface area contributed by atoms with Crippen molar-refractivity contribution < 1.29 is 0 Å². The van der Waals surface area contributed by atoms with Crippen molar-refractivity contribution in [3.63, 3.8) is 0 Å². The van der Waals surface area contributed by atoms with E-state index in [2.05, 4.69) is 46.4 Å². The number of nitrogens with zero attached hydrogens (tertiary/aromatic N) is 4. The normalized spacial score (nSPS) is 19.9. The van der Waals surface area contributed by atoms with Gasteiger partial charge >= 0.3 is 0 Å². The molecule has 0 saturated carbocycles. The van der Waals surface area contributed by atoms with E-state index >= 15 is 0 Å². The number of hydrogen-bond donors (Lipinski definition) is 0. The van der Waals surface area contributed by atoms with Crippen LogP contribution in [0.15, 0.2) is 18.3 Å². The summed E-state index contributed by atoms with van der Waals surface area (Å²) in [5.74, 6) is 2.49. The van der Waals surface area contributed by atoms with E-state index in [0.717, 1.165) is 24.3 Å². The Labute approximate surface area is 124 Å². The third-order valence-corrected chi connectivity index (χ3v) is 5.15. The highest BCUT2D eigenvalue weighted by Crippen LogP contribution is 2.38. The van der Waals surface area contributed by atoms with Gasteiger partial charge in [0.1, 0.15) is 11.3 Å². The first kappa shape index (κ1) is 13.9. The topological polar surface area (TPSA) is 34.0 Å². The largest absolute Gasteiger partial charge is 0.310 e. The number of thioether (sulfide) groups is 1. The smallest absolute Gasteiger partial charge is 0.160 e. The van der Waals surface area contributed by atoms with Gasteiger partial charge in [-0.15, -0.1) is 0 Å². The maximum atomic E-state index is 4.88. The molecule has 0 spiro atoms. The van der Waals surface area contributed by atoms with Crippen LogP contribution in [-0.2, 0) is 6.54 Å². The van der Waals surface area contributed by atoms with Gasteiger partial charge in [-0.1, -0.05) is 6.42 Å². The van der Waals surface area contributed by atoms with Crippen LogP contribution >= 0.6 is 11.8 Å². The zero-order chi connectivity index (χ0) is 13.9. The molecule has 108 valence electrons. The van der Waals surface area contributed by atoms with Gasteiger partial charge in [0.05, 0.1) is 5.25 Å². The molecule has 1 fully saturated rings. The first-order chi connectivity index (χ1) is 9.75. The Hall–Kier alpha value is -1.07. The van der Waals surface area contributed by atoms with Crippen LogP contribution in [0.1, 0.15) is 30.3 Å². The predicted octanol–water partition coefficient (Wildman–Crippen LogP) is 2.95. The summed E-state index contributed by atoms with van der Waals surface area (Å²) < 4.78 is 2.33. The van der Waals surface area contributed by atoms with E-state index in [0.29, 0.717) is 5.25 Å². The molecular weight excluding hydrogens is 268 g/mol. The van der Waals surface area contributed by atoms with Crippen LogP contribution in [0, 0.1) is 0 Å². The minimum Gasteiger partial charge on any atom is -0.310 e. The third kappa shape index (κ3) is 2.83. The molecule has 0 aliphatic carbocycles. The van der Waals surface area contributed by atoms with E-state index in [4.69, 9.17) is 4.98 Å². The molecule has 0 amide bonds. The van der Waals surface area contributed by atoms with E-state index in [1.54, 1.807) is 0 Å². The number of aromatic nitrogens is 3. The van der Waals surface area contributed by atoms with E-state index < -0.39 is 0 Å². The van der Waals surface area contributed by atoms with E-state index in [1.807, 2.05) is 12.3 Å². The molecule has 2 aromatic rings. The molecule has 1 atom stereocenters. The minimum atomic E-state index is 0.542. The lowest BCUT2D eigenvalue weighted by Gasteiger charge is -2.22. The van der Waals surface area contributed by atoms with Crippen LogP contribution in [0.3, 0.4) is 0 Å². The second-order valence-electron chi connectivity index (χ2n) is 5.63. The summed E-state index contributed by atoms with van der Waals surface area (Å²) in [4.78, 5) is 11.6. The van der Waals surface area contributed by atoms with Gasteiger partial charge in [0.15, 0.2) is 5.65 Å².